The van der Waals surface area contributed by atoms with E-state index < -0.39 is 0 Å². The molecular formula is C12H22N2OS. The summed E-state index contributed by atoms with van der Waals surface area (Å²) in [7, 11) is 2.20. The Balaban J connectivity index is 1.87. The third kappa shape index (κ3) is 2.73. The van der Waals surface area contributed by atoms with Crippen LogP contribution in [-0.2, 0) is 4.74 Å². The van der Waals surface area contributed by atoms with Crippen molar-refractivity contribution in [2.45, 2.75) is 44.8 Å². The van der Waals surface area contributed by atoms with Gasteiger partial charge in [-0.25, -0.2) is 0 Å². The molecule has 4 heteroatoms. The van der Waals surface area contributed by atoms with Crippen molar-refractivity contribution in [3.05, 3.63) is 0 Å². The highest BCUT2D eigenvalue weighted by Gasteiger charge is 2.45. The van der Waals surface area contributed by atoms with Crippen molar-refractivity contribution in [1.82, 2.24) is 4.90 Å². The molecule has 1 aliphatic heterocycles. The lowest BCUT2D eigenvalue weighted by Crippen LogP contribution is -2.40. The minimum Gasteiger partial charge on any atom is -0.393 e. The standard InChI is InChI=1S/C12H22N2OS/c1-9-10(3-6-15-9)14(2)8-12(4-5-12)7-11(13)16/h9-10H,3-8H2,1-2H3,(H2,13,16). The highest BCUT2D eigenvalue weighted by Crippen LogP contribution is 2.49. The van der Waals surface area contributed by atoms with Crippen LogP contribution in [0.3, 0.4) is 0 Å². The van der Waals surface area contributed by atoms with Crippen LogP contribution in [0.5, 0.6) is 0 Å². The van der Waals surface area contributed by atoms with Gasteiger partial charge in [0.1, 0.15) is 0 Å². The molecule has 1 heterocycles. The molecule has 1 aliphatic carbocycles. The number of likely N-dealkylation sites (N-methyl/N-ethyl adjacent to an activating group) is 1. The molecule has 1 saturated carbocycles. The lowest BCUT2D eigenvalue weighted by Gasteiger charge is -2.30. The van der Waals surface area contributed by atoms with Gasteiger partial charge in [-0.2, -0.15) is 0 Å². The summed E-state index contributed by atoms with van der Waals surface area (Å²) in [4.78, 5) is 3.12. The number of nitrogens with two attached hydrogens (primary N) is 1. The summed E-state index contributed by atoms with van der Waals surface area (Å²) in [6.07, 6.45) is 4.98. The third-order valence-corrected chi connectivity index (χ3v) is 4.14. The van der Waals surface area contributed by atoms with Crippen LogP contribution in [0, 0.1) is 5.41 Å². The van der Waals surface area contributed by atoms with Crippen molar-refractivity contribution < 1.29 is 4.74 Å². The molecular weight excluding hydrogens is 220 g/mol. The van der Waals surface area contributed by atoms with Gasteiger partial charge in [0.25, 0.3) is 0 Å². The van der Waals surface area contributed by atoms with Crippen LogP contribution in [0.1, 0.15) is 32.6 Å². The lowest BCUT2D eigenvalue weighted by atomic mass is 10.00. The predicted molar refractivity (Wildman–Crippen MR) is 69.5 cm³/mol. The fourth-order valence-corrected chi connectivity index (χ4v) is 3.19. The zero-order valence-corrected chi connectivity index (χ0v) is 11.1. The Morgan fingerprint density at radius 3 is 2.69 bits per heavy atom. The fourth-order valence-electron chi connectivity index (χ4n) is 2.88. The Morgan fingerprint density at radius 2 is 2.25 bits per heavy atom. The maximum atomic E-state index is 5.66. The second-order valence-electron chi connectivity index (χ2n) is 5.49. The second kappa shape index (κ2) is 4.59. The van der Waals surface area contributed by atoms with Gasteiger partial charge in [0.15, 0.2) is 0 Å². The number of rotatable bonds is 5. The SMILES string of the molecule is CC1OCCC1N(C)CC1(CC(N)=S)CC1. The summed E-state index contributed by atoms with van der Waals surface area (Å²) < 4.78 is 5.61. The Labute approximate surface area is 103 Å². The molecule has 2 fully saturated rings. The number of ether oxygens (including phenoxy) is 1. The minimum atomic E-state index is 0.366. The van der Waals surface area contributed by atoms with Gasteiger partial charge in [0, 0.05) is 25.6 Å². The Morgan fingerprint density at radius 1 is 1.56 bits per heavy atom. The van der Waals surface area contributed by atoms with Crippen LogP contribution in [0.4, 0.5) is 0 Å². The average Bonchev–Trinajstić information content (AvgIpc) is 2.76. The van der Waals surface area contributed by atoms with Gasteiger partial charge in [0.05, 0.1) is 11.1 Å². The van der Waals surface area contributed by atoms with Gasteiger partial charge in [-0.3, -0.25) is 0 Å². The first-order valence-corrected chi connectivity index (χ1v) is 6.53. The molecule has 16 heavy (non-hydrogen) atoms. The molecule has 2 rings (SSSR count). The van der Waals surface area contributed by atoms with Crippen molar-refractivity contribution in [1.29, 1.82) is 0 Å². The second-order valence-corrected chi connectivity index (χ2v) is 6.01. The van der Waals surface area contributed by atoms with E-state index in [1.165, 1.54) is 12.8 Å². The molecule has 0 aromatic rings. The number of hydrogen-bond acceptors (Lipinski definition) is 3. The van der Waals surface area contributed by atoms with Gasteiger partial charge < -0.3 is 15.4 Å². The molecule has 92 valence electrons. The molecule has 0 bridgehead atoms. The number of thiocarbonyl (C=S) groups is 1. The summed E-state index contributed by atoms with van der Waals surface area (Å²) in [6, 6.07) is 0.573. The number of nitrogens with zero attached hydrogens (tertiary/aromatic N) is 1. The van der Waals surface area contributed by atoms with Crippen LogP contribution in [0.2, 0.25) is 0 Å². The van der Waals surface area contributed by atoms with Gasteiger partial charge in [-0.1, -0.05) is 12.2 Å². The highest BCUT2D eigenvalue weighted by molar-refractivity contribution is 7.80. The zero-order chi connectivity index (χ0) is 11.8. The van der Waals surface area contributed by atoms with Crippen molar-refractivity contribution in [2.24, 2.45) is 11.1 Å². The molecule has 2 aliphatic rings. The van der Waals surface area contributed by atoms with Crippen molar-refractivity contribution in [3.8, 4) is 0 Å². The minimum absolute atomic E-state index is 0.366. The maximum absolute atomic E-state index is 5.66. The molecule has 0 aromatic heterocycles. The smallest absolute Gasteiger partial charge is 0.0733 e. The highest BCUT2D eigenvalue weighted by atomic mass is 32.1. The van der Waals surface area contributed by atoms with E-state index >= 15 is 0 Å². The summed E-state index contributed by atoms with van der Waals surface area (Å²) in [5.41, 5.74) is 6.06. The Hall–Kier alpha value is -0.190. The van der Waals surface area contributed by atoms with E-state index in [1.807, 2.05) is 0 Å². The molecule has 2 atom stereocenters. The number of hydrogen-bond donors (Lipinski definition) is 1. The van der Waals surface area contributed by atoms with E-state index in [4.69, 9.17) is 22.7 Å². The lowest BCUT2D eigenvalue weighted by molar-refractivity contribution is 0.0768. The van der Waals surface area contributed by atoms with E-state index in [0.29, 0.717) is 22.5 Å². The molecule has 0 amide bonds. The quantitative estimate of drug-likeness (QED) is 0.743. The predicted octanol–water partition coefficient (Wildman–Crippen LogP) is 1.55. The third-order valence-electron chi connectivity index (χ3n) is 3.99. The van der Waals surface area contributed by atoms with Gasteiger partial charge >= 0.3 is 0 Å². The first-order valence-electron chi connectivity index (χ1n) is 6.13. The van der Waals surface area contributed by atoms with Crippen molar-refractivity contribution in [2.75, 3.05) is 20.2 Å². The molecule has 0 spiro atoms. The maximum Gasteiger partial charge on any atom is 0.0733 e. The van der Waals surface area contributed by atoms with Crippen LogP contribution < -0.4 is 5.73 Å². The first-order chi connectivity index (χ1) is 7.52. The van der Waals surface area contributed by atoms with Crippen LogP contribution in [-0.4, -0.2) is 42.2 Å². The topological polar surface area (TPSA) is 38.5 Å². The molecule has 3 nitrogen and oxygen atoms in total. The van der Waals surface area contributed by atoms with E-state index in [2.05, 4.69) is 18.9 Å². The first kappa shape index (κ1) is 12.3. The molecule has 1 saturated heterocycles. The summed E-state index contributed by atoms with van der Waals surface area (Å²) in [6.45, 7) is 4.18. The normalized spacial score (nSPS) is 31.9. The Bertz CT molecular complexity index is 278. The molecule has 2 unspecified atom stereocenters. The van der Waals surface area contributed by atoms with Crippen LogP contribution in [0.25, 0.3) is 0 Å². The largest absolute Gasteiger partial charge is 0.393 e. The summed E-state index contributed by atoms with van der Waals surface area (Å²) >= 11 is 5.03. The van der Waals surface area contributed by atoms with Gasteiger partial charge in [0.2, 0.25) is 0 Å². The van der Waals surface area contributed by atoms with Crippen molar-refractivity contribution >= 4 is 17.2 Å². The van der Waals surface area contributed by atoms with E-state index in [9.17, 15) is 0 Å². The zero-order valence-electron chi connectivity index (χ0n) is 10.2. The summed E-state index contributed by atoms with van der Waals surface area (Å²) in [5, 5.41) is 0. The van der Waals surface area contributed by atoms with Crippen LogP contribution in [0.15, 0.2) is 0 Å². The van der Waals surface area contributed by atoms with E-state index in [-0.39, 0.29) is 0 Å². The van der Waals surface area contributed by atoms with Crippen LogP contribution >= 0.6 is 12.2 Å². The fraction of sp³-hybridized carbons (Fsp3) is 0.917. The van der Waals surface area contributed by atoms with Gasteiger partial charge in [-0.15, -0.1) is 0 Å². The van der Waals surface area contributed by atoms with Gasteiger partial charge in [-0.05, 0) is 38.6 Å². The average molecular weight is 242 g/mol. The van der Waals surface area contributed by atoms with E-state index in [0.717, 1.165) is 26.0 Å². The van der Waals surface area contributed by atoms with Crippen molar-refractivity contribution in [3.63, 3.8) is 0 Å². The molecule has 0 aromatic carbocycles. The summed E-state index contributed by atoms with van der Waals surface area (Å²) in [5.74, 6) is 0. The molecule has 0 radical (unpaired) electrons. The molecule has 2 N–H and O–H groups in total. The Kier molecular flexibility index (Phi) is 3.52. The monoisotopic (exact) mass is 242 g/mol. The van der Waals surface area contributed by atoms with E-state index in [1.54, 1.807) is 0 Å².